The Labute approximate surface area is 108 Å². The molecule has 0 heterocycles. The lowest BCUT2D eigenvalue weighted by Crippen LogP contribution is -2.32. The van der Waals surface area contributed by atoms with E-state index >= 15 is 0 Å². The van der Waals surface area contributed by atoms with Gasteiger partial charge >= 0.3 is 0 Å². The molecule has 17 heavy (non-hydrogen) atoms. The molecule has 1 aromatic rings. The third-order valence-corrected chi connectivity index (χ3v) is 3.11. The number of halogens is 2. The van der Waals surface area contributed by atoms with Crippen LogP contribution in [0.2, 0.25) is 5.02 Å². The van der Waals surface area contributed by atoms with Crippen molar-refractivity contribution in [1.82, 2.24) is 5.32 Å². The summed E-state index contributed by atoms with van der Waals surface area (Å²) >= 11 is 6.07. The van der Waals surface area contributed by atoms with Crippen LogP contribution in [0.5, 0.6) is 0 Å². The van der Waals surface area contributed by atoms with Crippen molar-refractivity contribution >= 4 is 11.6 Å². The van der Waals surface area contributed by atoms with Crippen LogP contribution in [0.3, 0.4) is 0 Å². The van der Waals surface area contributed by atoms with Crippen molar-refractivity contribution in [2.45, 2.75) is 39.7 Å². The number of hydrogen-bond donors (Lipinski definition) is 1. The Morgan fingerprint density at radius 3 is 2.53 bits per heavy atom. The molecule has 0 aliphatic carbocycles. The fourth-order valence-electron chi connectivity index (χ4n) is 1.98. The number of benzene rings is 1. The molecule has 0 amide bonds. The van der Waals surface area contributed by atoms with Gasteiger partial charge in [-0.25, -0.2) is 4.39 Å². The molecule has 0 saturated carbocycles. The predicted molar refractivity (Wildman–Crippen MR) is 72.0 cm³/mol. The minimum Gasteiger partial charge on any atom is -0.317 e. The highest BCUT2D eigenvalue weighted by Crippen LogP contribution is 2.25. The van der Waals surface area contributed by atoms with Crippen molar-refractivity contribution in [1.29, 1.82) is 0 Å². The van der Waals surface area contributed by atoms with E-state index in [1.54, 1.807) is 6.07 Å². The van der Waals surface area contributed by atoms with Crippen molar-refractivity contribution in [3.8, 4) is 0 Å². The first-order valence-corrected chi connectivity index (χ1v) is 6.31. The van der Waals surface area contributed by atoms with Crippen LogP contribution in [0.1, 0.15) is 32.8 Å². The van der Waals surface area contributed by atoms with E-state index < -0.39 is 0 Å². The molecule has 0 radical (unpaired) electrons. The van der Waals surface area contributed by atoms with Gasteiger partial charge in [0.2, 0.25) is 0 Å². The first-order chi connectivity index (χ1) is 7.81. The Morgan fingerprint density at radius 2 is 2.00 bits per heavy atom. The summed E-state index contributed by atoms with van der Waals surface area (Å²) < 4.78 is 13.2. The lowest BCUT2D eigenvalue weighted by Gasteiger charge is -2.26. The Bertz CT molecular complexity index is 371. The second-order valence-corrected chi connectivity index (χ2v) is 6.10. The molecule has 0 spiro atoms. The normalized spacial score (nSPS) is 13.8. The van der Waals surface area contributed by atoms with E-state index in [0.717, 1.165) is 18.4 Å². The van der Waals surface area contributed by atoms with E-state index in [1.165, 1.54) is 12.1 Å². The molecule has 0 saturated heterocycles. The molecule has 1 aromatic carbocycles. The predicted octanol–water partition coefficient (Wildman–Crippen LogP) is 4.05. The van der Waals surface area contributed by atoms with E-state index in [4.69, 9.17) is 11.6 Å². The molecular formula is C14H21ClFN. The molecule has 1 rings (SSSR count). The van der Waals surface area contributed by atoms with Crippen molar-refractivity contribution in [2.24, 2.45) is 5.41 Å². The summed E-state index contributed by atoms with van der Waals surface area (Å²) in [5, 5.41) is 3.91. The van der Waals surface area contributed by atoms with Gasteiger partial charge in [-0.1, -0.05) is 32.4 Å². The van der Waals surface area contributed by atoms with E-state index in [9.17, 15) is 4.39 Å². The van der Waals surface area contributed by atoms with E-state index in [-0.39, 0.29) is 11.2 Å². The average Bonchev–Trinajstić information content (AvgIpc) is 2.20. The van der Waals surface area contributed by atoms with Crippen molar-refractivity contribution < 1.29 is 4.39 Å². The Kier molecular flexibility index (Phi) is 4.96. The van der Waals surface area contributed by atoms with E-state index in [2.05, 4.69) is 26.1 Å². The maximum absolute atomic E-state index is 13.2. The van der Waals surface area contributed by atoms with Gasteiger partial charge in [0, 0.05) is 11.1 Å². The fourth-order valence-corrected chi connectivity index (χ4v) is 2.18. The minimum absolute atomic E-state index is 0.227. The number of nitrogens with one attached hydrogen (secondary N) is 1. The highest BCUT2D eigenvalue weighted by atomic mass is 35.5. The average molecular weight is 258 g/mol. The van der Waals surface area contributed by atoms with Crippen LogP contribution >= 0.6 is 11.6 Å². The van der Waals surface area contributed by atoms with Gasteiger partial charge in [-0.05, 0) is 49.1 Å². The minimum atomic E-state index is -0.227. The molecule has 1 N–H and O–H groups in total. The molecule has 96 valence electrons. The first kappa shape index (κ1) is 14.5. The van der Waals surface area contributed by atoms with Crippen LogP contribution in [0.25, 0.3) is 0 Å². The standard InChI is InChI=1S/C14H21ClFN/c1-14(2,3)9-12(17-4)8-10-7-11(16)5-6-13(10)15/h5-7,12,17H,8-9H2,1-4H3. The lowest BCUT2D eigenvalue weighted by atomic mass is 9.86. The maximum Gasteiger partial charge on any atom is 0.123 e. The summed E-state index contributed by atoms with van der Waals surface area (Å²) in [6, 6.07) is 4.85. The van der Waals surface area contributed by atoms with Crippen molar-refractivity contribution in [3.05, 3.63) is 34.6 Å². The fraction of sp³-hybridized carbons (Fsp3) is 0.571. The van der Waals surface area contributed by atoms with Gasteiger partial charge in [0.05, 0.1) is 0 Å². The highest BCUT2D eigenvalue weighted by Gasteiger charge is 2.18. The molecule has 1 nitrogen and oxygen atoms in total. The second-order valence-electron chi connectivity index (χ2n) is 5.69. The summed E-state index contributed by atoms with van der Waals surface area (Å²) in [7, 11) is 1.93. The van der Waals surface area contributed by atoms with Crippen LogP contribution in [-0.4, -0.2) is 13.1 Å². The van der Waals surface area contributed by atoms with Crippen LogP contribution in [0, 0.1) is 11.2 Å². The smallest absolute Gasteiger partial charge is 0.123 e. The van der Waals surface area contributed by atoms with Gasteiger partial charge in [-0.2, -0.15) is 0 Å². The highest BCUT2D eigenvalue weighted by molar-refractivity contribution is 6.31. The summed E-state index contributed by atoms with van der Waals surface area (Å²) in [5.41, 5.74) is 1.11. The van der Waals surface area contributed by atoms with Gasteiger partial charge in [-0.3, -0.25) is 0 Å². The summed E-state index contributed by atoms with van der Waals surface area (Å²) in [6.45, 7) is 6.60. The number of hydrogen-bond acceptors (Lipinski definition) is 1. The van der Waals surface area contributed by atoms with Gasteiger partial charge in [0.1, 0.15) is 5.82 Å². The van der Waals surface area contributed by atoms with Gasteiger partial charge in [0.25, 0.3) is 0 Å². The Morgan fingerprint density at radius 1 is 1.35 bits per heavy atom. The molecule has 0 aliphatic rings. The largest absolute Gasteiger partial charge is 0.317 e. The zero-order chi connectivity index (χ0) is 13.1. The molecular weight excluding hydrogens is 237 g/mol. The lowest BCUT2D eigenvalue weighted by molar-refractivity contribution is 0.316. The third kappa shape index (κ3) is 5.05. The molecule has 0 fully saturated rings. The monoisotopic (exact) mass is 257 g/mol. The number of likely N-dealkylation sites (N-methyl/N-ethyl adjacent to an activating group) is 1. The molecule has 1 unspecified atom stereocenters. The van der Waals surface area contributed by atoms with Crippen LogP contribution in [-0.2, 0) is 6.42 Å². The SMILES string of the molecule is CNC(Cc1cc(F)ccc1Cl)CC(C)(C)C. The van der Waals surface area contributed by atoms with Crippen molar-refractivity contribution in [2.75, 3.05) is 7.05 Å². The zero-order valence-corrected chi connectivity index (χ0v) is 11.7. The molecule has 0 aromatic heterocycles. The van der Waals surface area contributed by atoms with Gasteiger partial charge in [0.15, 0.2) is 0 Å². The molecule has 0 bridgehead atoms. The van der Waals surface area contributed by atoms with Crippen molar-refractivity contribution in [3.63, 3.8) is 0 Å². The van der Waals surface area contributed by atoms with Crippen LogP contribution in [0.15, 0.2) is 18.2 Å². The summed E-state index contributed by atoms with van der Waals surface area (Å²) in [4.78, 5) is 0. The molecule has 0 aliphatic heterocycles. The Hall–Kier alpha value is -0.600. The van der Waals surface area contributed by atoms with Crippen LogP contribution < -0.4 is 5.32 Å². The Balaban J connectivity index is 2.77. The maximum atomic E-state index is 13.2. The quantitative estimate of drug-likeness (QED) is 0.858. The van der Waals surface area contributed by atoms with Crippen LogP contribution in [0.4, 0.5) is 4.39 Å². The topological polar surface area (TPSA) is 12.0 Å². The summed E-state index contributed by atoms with van der Waals surface area (Å²) in [5.74, 6) is -0.227. The van der Waals surface area contributed by atoms with Gasteiger partial charge in [-0.15, -0.1) is 0 Å². The summed E-state index contributed by atoms with van der Waals surface area (Å²) in [6.07, 6.45) is 1.78. The third-order valence-electron chi connectivity index (χ3n) is 2.74. The second kappa shape index (κ2) is 5.83. The first-order valence-electron chi connectivity index (χ1n) is 5.93. The number of rotatable bonds is 4. The zero-order valence-electron chi connectivity index (χ0n) is 11.0. The van der Waals surface area contributed by atoms with E-state index in [0.29, 0.717) is 11.1 Å². The molecule has 1 atom stereocenters. The van der Waals surface area contributed by atoms with Gasteiger partial charge < -0.3 is 5.32 Å². The van der Waals surface area contributed by atoms with E-state index in [1.807, 2.05) is 7.05 Å². The molecule has 3 heteroatoms.